The fourth-order valence-corrected chi connectivity index (χ4v) is 5.41. The molecule has 0 spiro atoms. The molecule has 2 unspecified atom stereocenters. The summed E-state index contributed by atoms with van der Waals surface area (Å²) in [4.78, 5) is 29.6. The lowest BCUT2D eigenvalue weighted by molar-refractivity contribution is 0.0546. The molecular weight excluding hydrogens is 414 g/mol. The zero-order valence-corrected chi connectivity index (χ0v) is 20.4. The molecule has 0 saturated carbocycles. The van der Waals surface area contributed by atoms with Gasteiger partial charge in [0, 0.05) is 24.8 Å². The lowest BCUT2D eigenvalue weighted by Gasteiger charge is -2.41. The van der Waals surface area contributed by atoms with Crippen LogP contribution in [0.2, 0.25) is 0 Å². The number of amides is 1. The molecule has 2 aromatic rings. The van der Waals surface area contributed by atoms with Gasteiger partial charge in [-0.2, -0.15) is 0 Å². The van der Waals surface area contributed by atoms with E-state index in [2.05, 4.69) is 37.1 Å². The smallest absolute Gasteiger partial charge is 0.337 e. The van der Waals surface area contributed by atoms with E-state index in [0.29, 0.717) is 5.56 Å². The highest BCUT2D eigenvalue weighted by molar-refractivity contribution is 5.94. The molecule has 2 aliphatic rings. The molecule has 0 aliphatic carbocycles. The predicted molar refractivity (Wildman–Crippen MR) is 130 cm³/mol. The van der Waals surface area contributed by atoms with Crippen molar-refractivity contribution in [2.24, 2.45) is 5.41 Å². The van der Waals surface area contributed by atoms with E-state index in [1.807, 2.05) is 42.3 Å². The molecule has 2 atom stereocenters. The fraction of sp³-hybridized carbons (Fsp3) is 0.481. The maximum atomic E-state index is 13.4. The number of fused-ring (bicyclic) bond motifs is 1. The maximum absolute atomic E-state index is 13.4. The second-order valence-electron chi connectivity index (χ2n) is 9.90. The average Bonchev–Trinajstić information content (AvgIpc) is 3.30. The number of likely N-dealkylation sites (tertiary alicyclic amines) is 1. The predicted octanol–water partition coefficient (Wildman–Crippen LogP) is 4.72. The van der Waals surface area contributed by atoms with Gasteiger partial charge in [-0.1, -0.05) is 32.9 Å². The lowest BCUT2D eigenvalue weighted by atomic mass is 9.72. The summed E-state index contributed by atoms with van der Waals surface area (Å²) in [5, 5.41) is 3.67. The molecule has 0 bridgehead atoms. The Hall–Kier alpha value is -2.86. The van der Waals surface area contributed by atoms with E-state index in [0.717, 1.165) is 54.7 Å². The first-order valence-electron chi connectivity index (χ1n) is 11.8. The van der Waals surface area contributed by atoms with Gasteiger partial charge in [0.05, 0.1) is 24.9 Å². The lowest BCUT2D eigenvalue weighted by Crippen LogP contribution is -2.45. The molecule has 6 heteroatoms. The molecule has 2 aliphatic heterocycles. The number of carbonyl (C=O) groups excluding carboxylic acids is 2. The van der Waals surface area contributed by atoms with Crippen LogP contribution in [0, 0.1) is 5.41 Å². The van der Waals surface area contributed by atoms with E-state index < -0.39 is 0 Å². The second kappa shape index (κ2) is 9.18. The summed E-state index contributed by atoms with van der Waals surface area (Å²) in [6, 6.07) is 13.7. The van der Waals surface area contributed by atoms with Gasteiger partial charge in [0.25, 0.3) is 5.91 Å². The second-order valence-corrected chi connectivity index (χ2v) is 9.90. The molecule has 2 aromatic carbocycles. The fourth-order valence-electron chi connectivity index (χ4n) is 5.41. The van der Waals surface area contributed by atoms with Crippen molar-refractivity contribution in [2.75, 3.05) is 32.6 Å². The van der Waals surface area contributed by atoms with E-state index in [4.69, 9.17) is 4.74 Å². The van der Waals surface area contributed by atoms with Crippen LogP contribution in [0.25, 0.3) is 0 Å². The summed E-state index contributed by atoms with van der Waals surface area (Å²) in [5.41, 5.74) is 4.40. The Balaban J connectivity index is 1.59. The first-order chi connectivity index (χ1) is 15.7. The third-order valence-corrected chi connectivity index (χ3v) is 7.22. The number of methoxy groups -OCH3 is 1. The summed E-state index contributed by atoms with van der Waals surface area (Å²) >= 11 is 0. The molecule has 1 fully saturated rings. The molecule has 4 rings (SSSR count). The number of benzene rings is 2. The number of hydrogen-bond donors (Lipinski definition) is 1. The zero-order chi connectivity index (χ0) is 23.8. The van der Waals surface area contributed by atoms with E-state index in [9.17, 15) is 9.59 Å². The van der Waals surface area contributed by atoms with Crippen LogP contribution in [-0.4, -0.2) is 55.1 Å². The minimum Gasteiger partial charge on any atom is -0.465 e. The van der Waals surface area contributed by atoms with E-state index >= 15 is 0 Å². The van der Waals surface area contributed by atoms with Gasteiger partial charge in [-0.15, -0.1) is 0 Å². The highest BCUT2D eigenvalue weighted by Crippen LogP contribution is 2.45. The summed E-state index contributed by atoms with van der Waals surface area (Å²) < 4.78 is 4.88. The van der Waals surface area contributed by atoms with Crippen LogP contribution in [-0.2, 0) is 11.2 Å². The van der Waals surface area contributed by atoms with Gasteiger partial charge in [0.1, 0.15) is 0 Å². The minimum absolute atomic E-state index is 0.0469. The highest BCUT2D eigenvalue weighted by atomic mass is 16.5. The summed E-state index contributed by atoms with van der Waals surface area (Å²) in [7, 11) is 3.32. The highest BCUT2D eigenvalue weighted by Gasteiger charge is 2.37. The van der Waals surface area contributed by atoms with Gasteiger partial charge in [0.2, 0.25) is 0 Å². The zero-order valence-electron chi connectivity index (χ0n) is 20.4. The normalized spacial score (nSPS) is 21.7. The van der Waals surface area contributed by atoms with Gasteiger partial charge in [0.15, 0.2) is 0 Å². The van der Waals surface area contributed by atoms with Crippen LogP contribution in [0.1, 0.15) is 71.5 Å². The van der Waals surface area contributed by atoms with Crippen molar-refractivity contribution in [1.29, 1.82) is 0 Å². The van der Waals surface area contributed by atoms with Gasteiger partial charge in [-0.05, 0) is 72.7 Å². The largest absolute Gasteiger partial charge is 0.465 e. The van der Waals surface area contributed by atoms with Crippen LogP contribution in [0.4, 0.5) is 5.69 Å². The van der Waals surface area contributed by atoms with Crippen molar-refractivity contribution >= 4 is 17.6 Å². The molecule has 1 N–H and O–H groups in total. The first kappa shape index (κ1) is 23.3. The number of esters is 1. The molecule has 6 nitrogen and oxygen atoms in total. The number of anilines is 1. The molecule has 1 amide bonds. The Kier molecular flexibility index (Phi) is 6.48. The van der Waals surface area contributed by atoms with Gasteiger partial charge in [-0.25, -0.2) is 4.79 Å². The van der Waals surface area contributed by atoms with Crippen LogP contribution in [0.5, 0.6) is 0 Å². The molecular formula is C27H35N3O3. The van der Waals surface area contributed by atoms with Crippen LogP contribution in [0.15, 0.2) is 42.5 Å². The maximum Gasteiger partial charge on any atom is 0.337 e. The third kappa shape index (κ3) is 4.49. The average molecular weight is 450 g/mol. The molecule has 176 valence electrons. The van der Waals surface area contributed by atoms with E-state index in [1.54, 1.807) is 6.07 Å². The van der Waals surface area contributed by atoms with E-state index in [1.165, 1.54) is 7.11 Å². The number of hydrogen-bond acceptors (Lipinski definition) is 5. The van der Waals surface area contributed by atoms with Crippen LogP contribution in [0.3, 0.4) is 0 Å². The summed E-state index contributed by atoms with van der Waals surface area (Å²) in [5.74, 6) is -0.254. The van der Waals surface area contributed by atoms with Crippen molar-refractivity contribution in [2.45, 2.75) is 52.2 Å². The van der Waals surface area contributed by atoms with Crippen molar-refractivity contribution in [1.82, 2.24) is 9.80 Å². The van der Waals surface area contributed by atoms with Crippen molar-refractivity contribution < 1.29 is 14.3 Å². The standard InChI is InChI=1S/C27H35N3O3/c1-6-30-14-8-11-23(30)29(4)25(31)19-10-7-9-18(15-19)24-27(2,3)17-21-16-20(26(32)33-5)12-13-22(21)28-24/h7,9-10,12-13,15-16,23-24,28H,6,8,11,14,17H2,1-5H3. The first-order valence-corrected chi connectivity index (χ1v) is 11.8. The summed E-state index contributed by atoms with van der Waals surface area (Å²) in [6.07, 6.45) is 3.15. The van der Waals surface area contributed by atoms with Crippen molar-refractivity contribution in [3.8, 4) is 0 Å². The molecule has 1 saturated heterocycles. The van der Waals surface area contributed by atoms with Crippen molar-refractivity contribution in [3.63, 3.8) is 0 Å². The van der Waals surface area contributed by atoms with Gasteiger partial charge < -0.3 is 15.0 Å². The number of carbonyl (C=O) groups is 2. The quantitative estimate of drug-likeness (QED) is 0.669. The Labute approximate surface area is 196 Å². The third-order valence-electron chi connectivity index (χ3n) is 7.22. The monoisotopic (exact) mass is 449 g/mol. The van der Waals surface area contributed by atoms with E-state index in [-0.39, 0.29) is 29.5 Å². The SMILES string of the molecule is CCN1CCCC1N(C)C(=O)c1cccc(C2Nc3ccc(C(=O)OC)cc3CC2(C)C)c1. The molecule has 2 heterocycles. The molecule has 0 aromatic heterocycles. The molecule has 33 heavy (non-hydrogen) atoms. The Morgan fingerprint density at radius 3 is 2.70 bits per heavy atom. The van der Waals surface area contributed by atoms with Crippen LogP contribution >= 0.6 is 0 Å². The number of rotatable bonds is 5. The minimum atomic E-state index is -0.322. The molecule has 0 radical (unpaired) electrons. The van der Waals surface area contributed by atoms with Crippen molar-refractivity contribution in [3.05, 3.63) is 64.7 Å². The van der Waals surface area contributed by atoms with Gasteiger partial charge >= 0.3 is 5.97 Å². The van der Waals surface area contributed by atoms with Crippen LogP contribution < -0.4 is 5.32 Å². The number of ether oxygens (including phenoxy) is 1. The number of nitrogens with one attached hydrogen (secondary N) is 1. The topological polar surface area (TPSA) is 61.9 Å². The Morgan fingerprint density at radius 1 is 1.18 bits per heavy atom. The number of nitrogens with zero attached hydrogens (tertiary/aromatic N) is 2. The Morgan fingerprint density at radius 2 is 1.97 bits per heavy atom. The Bertz CT molecular complexity index is 1050. The van der Waals surface area contributed by atoms with Gasteiger partial charge in [-0.3, -0.25) is 9.69 Å². The summed E-state index contributed by atoms with van der Waals surface area (Å²) in [6.45, 7) is 8.60.